The van der Waals surface area contributed by atoms with Gasteiger partial charge in [-0.3, -0.25) is 9.78 Å². The summed E-state index contributed by atoms with van der Waals surface area (Å²) in [7, 11) is -3.61. The molecular weight excluding hydrogens is 242 g/mol. The van der Waals surface area contributed by atoms with Crippen LogP contribution in [0.2, 0.25) is 0 Å². The van der Waals surface area contributed by atoms with E-state index in [1.807, 2.05) is 0 Å². The number of nitrogens with one attached hydrogen (secondary N) is 1. The second-order valence-corrected chi connectivity index (χ2v) is 5.67. The molecule has 1 fully saturated rings. The summed E-state index contributed by atoms with van der Waals surface area (Å²) in [6.45, 7) is 0.727. The molecule has 17 heavy (non-hydrogen) atoms. The van der Waals surface area contributed by atoms with Crippen molar-refractivity contribution in [3.63, 3.8) is 0 Å². The van der Waals surface area contributed by atoms with E-state index in [4.69, 9.17) is 0 Å². The number of sulfonamides is 1. The Kier molecular flexibility index (Phi) is 3.39. The van der Waals surface area contributed by atoms with Gasteiger partial charge < -0.3 is 5.32 Å². The molecule has 0 aromatic carbocycles. The van der Waals surface area contributed by atoms with Crippen LogP contribution in [0.4, 0.5) is 0 Å². The Morgan fingerprint density at radius 1 is 1.41 bits per heavy atom. The zero-order valence-corrected chi connectivity index (χ0v) is 9.98. The number of hydrogen-bond donors (Lipinski definition) is 1. The van der Waals surface area contributed by atoms with Gasteiger partial charge in [-0.1, -0.05) is 0 Å². The first kappa shape index (κ1) is 12.0. The summed E-state index contributed by atoms with van der Waals surface area (Å²) in [5, 5.41) is 2.64. The summed E-state index contributed by atoms with van der Waals surface area (Å²) in [5.74, 6) is -0.269. The molecule has 0 atom stereocenters. The molecule has 1 aromatic heterocycles. The van der Waals surface area contributed by atoms with Crippen molar-refractivity contribution in [3.05, 3.63) is 24.5 Å². The van der Waals surface area contributed by atoms with Gasteiger partial charge in [0.05, 0.1) is 6.54 Å². The molecule has 1 aromatic rings. The molecule has 1 saturated heterocycles. The minimum atomic E-state index is -3.61. The van der Waals surface area contributed by atoms with Gasteiger partial charge in [0.1, 0.15) is 4.90 Å². The maximum Gasteiger partial charge on any atom is 0.245 e. The average Bonchev–Trinajstić information content (AvgIpc) is 2.55. The fourth-order valence-corrected chi connectivity index (χ4v) is 3.03. The van der Waals surface area contributed by atoms with E-state index in [2.05, 4.69) is 10.3 Å². The van der Waals surface area contributed by atoms with Crippen molar-refractivity contribution >= 4 is 15.9 Å². The number of carbonyl (C=O) groups is 1. The lowest BCUT2D eigenvalue weighted by Gasteiger charge is -2.18. The van der Waals surface area contributed by atoms with Crippen molar-refractivity contribution in [2.75, 3.05) is 19.6 Å². The lowest BCUT2D eigenvalue weighted by atomic mass is 10.4. The fraction of sp³-hybridized carbons (Fsp3) is 0.400. The number of nitrogens with zero attached hydrogens (tertiary/aromatic N) is 2. The second-order valence-electron chi connectivity index (χ2n) is 3.73. The fourth-order valence-electron chi connectivity index (χ4n) is 1.63. The van der Waals surface area contributed by atoms with E-state index in [-0.39, 0.29) is 17.3 Å². The van der Waals surface area contributed by atoms with Gasteiger partial charge >= 0.3 is 0 Å². The highest BCUT2D eigenvalue weighted by Crippen LogP contribution is 2.15. The van der Waals surface area contributed by atoms with Gasteiger partial charge in [0.15, 0.2) is 0 Å². The predicted molar refractivity (Wildman–Crippen MR) is 60.6 cm³/mol. The van der Waals surface area contributed by atoms with Gasteiger partial charge in [0, 0.05) is 25.5 Å². The van der Waals surface area contributed by atoms with Gasteiger partial charge in [0.25, 0.3) is 0 Å². The van der Waals surface area contributed by atoms with Gasteiger partial charge in [-0.05, 0) is 18.6 Å². The average molecular weight is 255 g/mol. The van der Waals surface area contributed by atoms with Crippen molar-refractivity contribution in [3.8, 4) is 0 Å². The molecule has 7 heteroatoms. The maximum absolute atomic E-state index is 12.2. The molecule has 0 aliphatic carbocycles. The van der Waals surface area contributed by atoms with E-state index < -0.39 is 10.0 Å². The SMILES string of the molecule is O=C1CN(S(=O)(=O)c2cccnc2)CCCN1. The molecule has 2 rings (SSSR count). The number of carbonyl (C=O) groups excluding carboxylic acids is 1. The Labute approximate surface area is 99.7 Å². The monoisotopic (exact) mass is 255 g/mol. The molecule has 0 unspecified atom stereocenters. The molecule has 6 nitrogen and oxygen atoms in total. The molecule has 0 spiro atoms. The molecule has 1 amide bonds. The molecule has 0 bridgehead atoms. The number of pyridine rings is 1. The van der Waals surface area contributed by atoms with Crippen molar-refractivity contribution < 1.29 is 13.2 Å². The van der Waals surface area contributed by atoms with Gasteiger partial charge in [-0.15, -0.1) is 0 Å². The maximum atomic E-state index is 12.2. The van der Waals surface area contributed by atoms with Crippen LogP contribution in [0.15, 0.2) is 29.4 Å². The third kappa shape index (κ3) is 2.62. The van der Waals surface area contributed by atoms with Crippen LogP contribution in [0.1, 0.15) is 6.42 Å². The highest BCUT2D eigenvalue weighted by Gasteiger charge is 2.27. The lowest BCUT2D eigenvalue weighted by Crippen LogP contribution is -2.37. The van der Waals surface area contributed by atoms with E-state index in [1.165, 1.54) is 22.8 Å². The van der Waals surface area contributed by atoms with E-state index in [0.29, 0.717) is 19.5 Å². The first-order valence-corrected chi connectivity index (χ1v) is 6.71. The van der Waals surface area contributed by atoms with Crippen LogP contribution >= 0.6 is 0 Å². The first-order valence-electron chi connectivity index (χ1n) is 5.27. The number of hydrogen-bond acceptors (Lipinski definition) is 4. The molecule has 1 N–H and O–H groups in total. The normalized spacial score (nSPS) is 18.5. The standard InChI is InChI=1S/C10H13N3O3S/c14-10-8-13(6-2-5-12-10)17(15,16)9-3-1-4-11-7-9/h1,3-4,7H,2,5-6,8H2,(H,12,14). The molecule has 92 valence electrons. The van der Waals surface area contributed by atoms with E-state index in [9.17, 15) is 13.2 Å². The molecule has 0 saturated carbocycles. The van der Waals surface area contributed by atoms with Crippen molar-refractivity contribution in [1.29, 1.82) is 0 Å². The summed E-state index contributed by atoms with van der Waals surface area (Å²) in [6.07, 6.45) is 3.41. The Balaban J connectivity index is 2.29. The Morgan fingerprint density at radius 2 is 2.24 bits per heavy atom. The minimum absolute atomic E-state index is 0.120. The minimum Gasteiger partial charge on any atom is -0.355 e. The highest BCUT2D eigenvalue weighted by atomic mass is 32.2. The van der Waals surface area contributed by atoms with Gasteiger partial charge in [-0.25, -0.2) is 8.42 Å². The van der Waals surface area contributed by atoms with Crippen molar-refractivity contribution in [1.82, 2.24) is 14.6 Å². The van der Waals surface area contributed by atoms with Crippen molar-refractivity contribution in [2.24, 2.45) is 0 Å². The van der Waals surface area contributed by atoms with E-state index >= 15 is 0 Å². The van der Waals surface area contributed by atoms with Crippen LogP contribution in [-0.4, -0.2) is 43.2 Å². The third-order valence-corrected chi connectivity index (χ3v) is 4.33. The highest BCUT2D eigenvalue weighted by molar-refractivity contribution is 7.89. The van der Waals surface area contributed by atoms with Crippen molar-refractivity contribution in [2.45, 2.75) is 11.3 Å². The largest absolute Gasteiger partial charge is 0.355 e. The summed E-state index contributed by atoms with van der Waals surface area (Å²) >= 11 is 0. The van der Waals surface area contributed by atoms with Crippen LogP contribution in [0.3, 0.4) is 0 Å². The quantitative estimate of drug-likeness (QED) is 0.779. The van der Waals surface area contributed by atoms with Crippen LogP contribution < -0.4 is 5.32 Å². The smallest absolute Gasteiger partial charge is 0.245 e. The zero-order valence-electron chi connectivity index (χ0n) is 9.17. The second kappa shape index (κ2) is 4.80. The summed E-state index contributed by atoms with van der Waals surface area (Å²) in [4.78, 5) is 15.2. The predicted octanol–water partition coefficient (Wildman–Crippen LogP) is -0.408. The van der Waals surface area contributed by atoms with Gasteiger partial charge in [-0.2, -0.15) is 4.31 Å². The van der Waals surface area contributed by atoms with E-state index in [0.717, 1.165) is 0 Å². The molecule has 0 radical (unpaired) electrons. The van der Waals surface area contributed by atoms with Crippen LogP contribution in [0, 0.1) is 0 Å². The van der Waals surface area contributed by atoms with Crippen LogP contribution in [0.5, 0.6) is 0 Å². The molecular formula is C10H13N3O3S. The number of amides is 1. The number of aromatic nitrogens is 1. The third-order valence-electron chi connectivity index (χ3n) is 2.50. The molecule has 1 aliphatic heterocycles. The number of rotatable bonds is 2. The van der Waals surface area contributed by atoms with Gasteiger partial charge in [0.2, 0.25) is 15.9 Å². The summed E-state index contributed by atoms with van der Waals surface area (Å²) in [5.41, 5.74) is 0. The summed E-state index contributed by atoms with van der Waals surface area (Å²) in [6, 6.07) is 3.04. The lowest BCUT2D eigenvalue weighted by molar-refractivity contribution is -0.120. The topological polar surface area (TPSA) is 79.4 Å². The summed E-state index contributed by atoms with van der Waals surface area (Å²) < 4.78 is 25.6. The first-order chi connectivity index (χ1) is 8.10. The van der Waals surface area contributed by atoms with Crippen LogP contribution in [-0.2, 0) is 14.8 Å². The zero-order chi connectivity index (χ0) is 12.3. The molecule has 2 heterocycles. The Hall–Kier alpha value is -1.47. The Bertz CT molecular complexity index is 501. The Morgan fingerprint density at radius 3 is 2.94 bits per heavy atom. The van der Waals surface area contributed by atoms with Crippen LogP contribution in [0.25, 0.3) is 0 Å². The molecule has 1 aliphatic rings. The van der Waals surface area contributed by atoms with E-state index in [1.54, 1.807) is 6.07 Å².